The predicted octanol–water partition coefficient (Wildman–Crippen LogP) is 4.12. The van der Waals surface area contributed by atoms with E-state index < -0.39 is 0 Å². The Morgan fingerprint density at radius 1 is 1.17 bits per heavy atom. The molecule has 0 aliphatic rings. The molecule has 1 heterocycles. The van der Waals surface area contributed by atoms with E-state index in [2.05, 4.69) is 9.97 Å². The van der Waals surface area contributed by atoms with Crippen molar-refractivity contribution in [3.05, 3.63) is 39.2 Å². The summed E-state index contributed by atoms with van der Waals surface area (Å²) in [5.74, 6) is 0.948. The monoisotopic (exact) mass is 303 g/mol. The van der Waals surface area contributed by atoms with E-state index in [0.717, 1.165) is 0 Å². The number of nitrogens with two attached hydrogens (primary N) is 1. The lowest BCUT2D eigenvalue weighted by molar-refractivity contribution is 0.463. The van der Waals surface area contributed by atoms with E-state index in [-0.39, 0.29) is 16.7 Å². The molecule has 0 atom stereocenters. The van der Waals surface area contributed by atoms with Gasteiger partial charge in [-0.1, -0.05) is 34.8 Å². The van der Waals surface area contributed by atoms with Crippen molar-refractivity contribution in [2.45, 2.75) is 6.92 Å². The normalized spacial score (nSPS) is 10.4. The van der Waals surface area contributed by atoms with Gasteiger partial charge >= 0.3 is 0 Å². The summed E-state index contributed by atoms with van der Waals surface area (Å²) < 4.78 is 5.51. The summed E-state index contributed by atoms with van der Waals surface area (Å²) in [7, 11) is 0. The van der Waals surface area contributed by atoms with Crippen LogP contribution in [-0.4, -0.2) is 9.97 Å². The Labute approximate surface area is 119 Å². The van der Waals surface area contributed by atoms with Crippen molar-refractivity contribution in [2.75, 3.05) is 5.73 Å². The molecule has 0 amide bonds. The van der Waals surface area contributed by atoms with E-state index in [4.69, 9.17) is 45.3 Å². The van der Waals surface area contributed by atoms with Crippen molar-refractivity contribution >= 4 is 40.5 Å². The molecule has 94 valence electrons. The predicted molar refractivity (Wildman–Crippen MR) is 72.7 cm³/mol. The van der Waals surface area contributed by atoms with Crippen LogP contribution in [0.3, 0.4) is 0 Å². The number of nitrogen functional groups attached to an aromatic ring is 1. The fourth-order valence-electron chi connectivity index (χ4n) is 1.26. The number of aromatic nitrogens is 2. The second-order valence-electron chi connectivity index (χ2n) is 3.46. The third-order valence-electron chi connectivity index (χ3n) is 2.08. The highest BCUT2D eigenvalue weighted by atomic mass is 35.5. The summed E-state index contributed by atoms with van der Waals surface area (Å²) in [4.78, 5) is 7.96. The number of halogens is 3. The fraction of sp³-hybridized carbons (Fsp3) is 0.0909. The minimum atomic E-state index is 0.135. The molecular weight excluding hydrogens is 296 g/mol. The summed E-state index contributed by atoms with van der Waals surface area (Å²) in [6.07, 6.45) is 0. The largest absolute Gasteiger partial charge is 0.435 e. The first-order chi connectivity index (χ1) is 8.47. The quantitative estimate of drug-likeness (QED) is 0.848. The summed E-state index contributed by atoms with van der Waals surface area (Å²) in [6.45, 7) is 1.68. The fourth-order valence-corrected chi connectivity index (χ4v) is 1.78. The number of anilines is 1. The topological polar surface area (TPSA) is 61.0 Å². The van der Waals surface area contributed by atoms with Crippen LogP contribution in [0, 0.1) is 6.92 Å². The molecule has 18 heavy (non-hydrogen) atoms. The van der Waals surface area contributed by atoms with Crippen molar-refractivity contribution in [1.29, 1.82) is 0 Å². The summed E-state index contributed by atoms with van der Waals surface area (Å²) in [5, 5.41) is 1.02. The Morgan fingerprint density at radius 2 is 1.89 bits per heavy atom. The summed E-state index contributed by atoms with van der Waals surface area (Å²) in [6, 6.07) is 4.83. The van der Waals surface area contributed by atoms with E-state index in [9.17, 15) is 0 Å². The number of rotatable bonds is 2. The zero-order valence-electron chi connectivity index (χ0n) is 9.25. The number of hydrogen-bond acceptors (Lipinski definition) is 4. The molecule has 0 fully saturated rings. The van der Waals surface area contributed by atoms with Gasteiger partial charge in [-0.2, -0.15) is 4.98 Å². The van der Waals surface area contributed by atoms with Crippen molar-refractivity contribution in [3.8, 4) is 11.6 Å². The van der Waals surface area contributed by atoms with Crippen LogP contribution in [0.4, 0.5) is 5.69 Å². The lowest BCUT2D eigenvalue weighted by atomic mass is 10.3. The molecule has 2 N–H and O–H groups in total. The molecular formula is C11H8Cl3N3O. The Bertz CT molecular complexity index is 604. The first-order valence-corrected chi connectivity index (χ1v) is 6.03. The first kappa shape index (κ1) is 13.2. The number of aryl methyl sites for hydroxylation is 1. The Kier molecular flexibility index (Phi) is 3.80. The zero-order valence-corrected chi connectivity index (χ0v) is 11.5. The molecule has 2 rings (SSSR count). The third-order valence-corrected chi connectivity index (χ3v) is 2.91. The lowest BCUT2D eigenvalue weighted by Gasteiger charge is -2.10. The van der Waals surface area contributed by atoms with Gasteiger partial charge in [0.1, 0.15) is 17.3 Å². The Balaban J connectivity index is 2.43. The average Bonchev–Trinajstić information content (AvgIpc) is 2.30. The number of nitrogens with zero attached hydrogens (tertiary/aromatic N) is 2. The van der Waals surface area contributed by atoms with Crippen LogP contribution >= 0.6 is 34.8 Å². The van der Waals surface area contributed by atoms with Crippen molar-refractivity contribution in [2.24, 2.45) is 0 Å². The van der Waals surface area contributed by atoms with Crippen molar-refractivity contribution in [1.82, 2.24) is 9.97 Å². The van der Waals surface area contributed by atoms with Gasteiger partial charge in [0.25, 0.3) is 0 Å². The highest BCUT2D eigenvalue weighted by Crippen LogP contribution is 2.35. The van der Waals surface area contributed by atoms with Gasteiger partial charge in [-0.3, -0.25) is 0 Å². The molecule has 0 saturated carbocycles. The van der Waals surface area contributed by atoms with Gasteiger partial charge in [-0.05, 0) is 19.1 Å². The minimum absolute atomic E-state index is 0.135. The summed E-state index contributed by atoms with van der Waals surface area (Å²) in [5.41, 5.74) is 5.88. The maximum Gasteiger partial charge on any atom is 0.247 e. The first-order valence-electron chi connectivity index (χ1n) is 4.90. The second-order valence-corrected chi connectivity index (χ2v) is 4.66. The maximum atomic E-state index is 5.98. The highest BCUT2D eigenvalue weighted by molar-refractivity contribution is 6.34. The van der Waals surface area contributed by atoms with Crippen LogP contribution in [0.2, 0.25) is 15.2 Å². The van der Waals surface area contributed by atoms with Crippen LogP contribution < -0.4 is 10.5 Å². The van der Waals surface area contributed by atoms with Crippen LogP contribution in [0.5, 0.6) is 11.6 Å². The molecule has 1 aromatic heterocycles. The van der Waals surface area contributed by atoms with Gasteiger partial charge in [0, 0.05) is 11.1 Å². The van der Waals surface area contributed by atoms with Gasteiger partial charge in [0.05, 0.1) is 5.02 Å². The average molecular weight is 305 g/mol. The number of ether oxygens (including phenoxy) is 1. The molecule has 7 heteroatoms. The summed E-state index contributed by atoms with van der Waals surface area (Å²) >= 11 is 17.7. The van der Waals surface area contributed by atoms with Gasteiger partial charge in [0.2, 0.25) is 5.88 Å². The maximum absolute atomic E-state index is 5.98. The zero-order chi connectivity index (χ0) is 13.3. The molecule has 0 radical (unpaired) electrons. The van der Waals surface area contributed by atoms with Crippen LogP contribution in [-0.2, 0) is 0 Å². The standard InChI is InChI=1S/C11H8Cl3N3O/c1-5-16-10(14)9(15)11(17-5)18-8-4-6(12)2-3-7(8)13/h2-4H,15H2,1H3. The molecule has 0 bridgehead atoms. The van der Waals surface area contributed by atoms with Crippen LogP contribution in [0.15, 0.2) is 18.2 Å². The van der Waals surface area contributed by atoms with Gasteiger partial charge in [-0.15, -0.1) is 0 Å². The van der Waals surface area contributed by atoms with E-state index >= 15 is 0 Å². The van der Waals surface area contributed by atoms with E-state index in [1.54, 1.807) is 25.1 Å². The van der Waals surface area contributed by atoms with Crippen LogP contribution in [0.25, 0.3) is 0 Å². The van der Waals surface area contributed by atoms with Crippen LogP contribution in [0.1, 0.15) is 5.82 Å². The molecule has 0 unspecified atom stereocenters. The second kappa shape index (κ2) is 5.18. The Morgan fingerprint density at radius 3 is 2.61 bits per heavy atom. The van der Waals surface area contributed by atoms with E-state index in [1.807, 2.05) is 0 Å². The minimum Gasteiger partial charge on any atom is -0.435 e. The molecule has 0 aliphatic carbocycles. The molecule has 4 nitrogen and oxygen atoms in total. The third kappa shape index (κ3) is 2.77. The lowest BCUT2D eigenvalue weighted by Crippen LogP contribution is -2.00. The molecule has 0 spiro atoms. The molecule has 1 aromatic carbocycles. The van der Waals surface area contributed by atoms with Gasteiger partial charge in [0.15, 0.2) is 5.15 Å². The van der Waals surface area contributed by atoms with Gasteiger partial charge in [-0.25, -0.2) is 4.98 Å². The molecule has 0 aliphatic heterocycles. The number of hydrogen-bond donors (Lipinski definition) is 1. The van der Waals surface area contributed by atoms with E-state index in [0.29, 0.717) is 21.6 Å². The smallest absolute Gasteiger partial charge is 0.247 e. The number of benzene rings is 1. The van der Waals surface area contributed by atoms with Gasteiger partial charge < -0.3 is 10.5 Å². The highest BCUT2D eigenvalue weighted by Gasteiger charge is 2.12. The van der Waals surface area contributed by atoms with Crippen molar-refractivity contribution in [3.63, 3.8) is 0 Å². The van der Waals surface area contributed by atoms with Crippen molar-refractivity contribution < 1.29 is 4.74 Å². The molecule has 2 aromatic rings. The molecule has 0 saturated heterocycles. The SMILES string of the molecule is Cc1nc(Cl)c(N)c(Oc2cc(Cl)ccc2Cl)n1. The Hall–Kier alpha value is -1.23. The van der Waals surface area contributed by atoms with E-state index in [1.165, 1.54) is 0 Å².